The summed E-state index contributed by atoms with van der Waals surface area (Å²) in [7, 11) is 0. The molecule has 0 radical (unpaired) electrons. The largest absolute Gasteiger partial charge is 0.354 e. The highest BCUT2D eigenvalue weighted by Crippen LogP contribution is 2.21. The fourth-order valence-electron chi connectivity index (χ4n) is 2.40. The number of rotatable bonds is 4. The van der Waals surface area contributed by atoms with E-state index in [9.17, 15) is 4.79 Å². The van der Waals surface area contributed by atoms with Crippen molar-refractivity contribution in [2.24, 2.45) is 0 Å². The van der Waals surface area contributed by atoms with Crippen LogP contribution in [0.15, 0.2) is 60.9 Å². The summed E-state index contributed by atoms with van der Waals surface area (Å²) in [6, 6.07) is 15.2. The molecule has 0 fully saturated rings. The number of hydrogen-bond acceptors (Lipinski definition) is 3. The highest BCUT2D eigenvalue weighted by molar-refractivity contribution is 6.31. The van der Waals surface area contributed by atoms with E-state index in [1.54, 1.807) is 18.3 Å². The molecule has 3 rings (SSSR count). The second-order valence-electron chi connectivity index (χ2n) is 5.87. The van der Waals surface area contributed by atoms with Crippen LogP contribution >= 0.6 is 11.6 Å². The first-order valence-electron chi connectivity index (χ1n) is 7.87. The van der Waals surface area contributed by atoms with Crippen molar-refractivity contribution < 1.29 is 4.79 Å². The first-order valence-corrected chi connectivity index (χ1v) is 8.25. The molecule has 0 aliphatic heterocycles. The minimum atomic E-state index is -0.236. The van der Waals surface area contributed by atoms with Crippen LogP contribution < -0.4 is 10.6 Å². The summed E-state index contributed by atoms with van der Waals surface area (Å²) in [5.41, 5.74) is 4.94. The average molecular weight is 352 g/mol. The van der Waals surface area contributed by atoms with Crippen molar-refractivity contribution in [1.29, 1.82) is 0 Å². The number of hydrogen-bond donors (Lipinski definition) is 2. The van der Waals surface area contributed by atoms with E-state index < -0.39 is 0 Å². The predicted octanol–water partition coefficient (Wildman–Crippen LogP) is 5.35. The fraction of sp³-hybridized carbons (Fsp3) is 0.100. The molecular formula is C20H18ClN3O. The maximum Gasteiger partial charge on any atom is 0.257 e. The highest BCUT2D eigenvalue weighted by atomic mass is 35.5. The van der Waals surface area contributed by atoms with Crippen LogP contribution in [0.3, 0.4) is 0 Å². The molecule has 2 aromatic carbocycles. The number of carbonyl (C=O) groups excluding carboxylic acids is 1. The number of halogens is 1. The van der Waals surface area contributed by atoms with Gasteiger partial charge in [0.2, 0.25) is 0 Å². The standard InChI is InChI=1S/C20H18ClN3O/c1-13-4-3-5-16(8-13)23-18-9-15(11-22-12-18)20(25)24-17-7-6-14(2)19(21)10-17/h3-12,23H,1-2H3,(H,24,25). The summed E-state index contributed by atoms with van der Waals surface area (Å²) in [6.07, 6.45) is 3.22. The Hall–Kier alpha value is -2.85. The van der Waals surface area contributed by atoms with Gasteiger partial charge in [0.15, 0.2) is 0 Å². The van der Waals surface area contributed by atoms with E-state index in [1.165, 1.54) is 6.20 Å². The molecule has 0 saturated heterocycles. The number of carbonyl (C=O) groups is 1. The van der Waals surface area contributed by atoms with Crippen molar-refractivity contribution in [3.63, 3.8) is 0 Å². The van der Waals surface area contributed by atoms with Gasteiger partial charge in [-0.05, 0) is 55.3 Å². The molecule has 0 aliphatic rings. The topological polar surface area (TPSA) is 54.0 Å². The summed E-state index contributed by atoms with van der Waals surface area (Å²) in [5, 5.41) is 6.71. The maximum absolute atomic E-state index is 12.4. The van der Waals surface area contributed by atoms with Crippen molar-refractivity contribution in [2.75, 3.05) is 10.6 Å². The molecule has 1 amide bonds. The molecule has 126 valence electrons. The Bertz CT molecular complexity index is 924. The molecule has 0 atom stereocenters. The summed E-state index contributed by atoms with van der Waals surface area (Å²) < 4.78 is 0. The third-order valence-corrected chi connectivity index (χ3v) is 4.14. The Morgan fingerprint density at radius 3 is 2.56 bits per heavy atom. The van der Waals surface area contributed by atoms with E-state index in [0.29, 0.717) is 16.3 Å². The molecule has 3 aromatic rings. The van der Waals surface area contributed by atoms with Crippen LogP contribution in [0.25, 0.3) is 0 Å². The van der Waals surface area contributed by atoms with E-state index in [-0.39, 0.29) is 5.91 Å². The molecule has 1 heterocycles. The van der Waals surface area contributed by atoms with Gasteiger partial charge in [-0.2, -0.15) is 0 Å². The zero-order valence-electron chi connectivity index (χ0n) is 14.0. The zero-order chi connectivity index (χ0) is 17.8. The second-order valence-corrected chi connectivity index (χ2v) is 6.28. The maximum atomic E-state index is 12.4. The van der Waals surface area contributed by atoms with Crippen molar-refractivity contribution in [1.82, 2.24) is 4.98 Å². The zero-order valence-corrected chi connectivity index (χ0v) is 14.8. The molecule has 0 aliphatic carbocycles. The number of pyridine rings is 1. The van der Waals surface area contributed by atoms with Crippen LogP contribution in [0, 0.1) is 13.8 Å². The van der Waals surface area contributed by atoms with Gasteiger partial charge < -0.3 is 10.6 Å². The first-order chi connectivity index (χ1) is 12.0. The Kier molecular flexibility index (Phi) is 5.00. The van der Waals surface area contributed by atoms with E-state index in [2.05, 4.69) is 15.6 Å². The summed E-state index contributed by atoms with van der Waals surface area (Å²) in [4.78, 5) is 16.6. The van der Waals surface area contributed by atoms with Gasteiger partial charge in [-0.15, -0.1) is 0 Å². The lowest BCUT2D eigenvalue weighted by molar-refractivity contribution is 0.102. The van der Waals surface area contributed by atoms with Crippen LogP contribution in [0.5, 0.6) is 0 Å². The minimum absolute atomic E-state index is 0.236. The summed E-state index contributed by atoms with van der Waals surface area (Å²) in [5.74, 6) is -0.236. The lowest BCUT2D eigenvalue weighted by atomic mass is 10.2. The van der Waals surface area contributed by atoms with Crippen LogP contribution in [-0.2, 0) is 0 Å². The normalized spacial score (nSPS) is 10.4. The fourth-order valence-corrected chi connectivity index (χ4v) is 2.58. The van der Waals surface area contributed by atoms with E-state index in [4.69, 9.17) is 11.6 Å². The number of benzene rings is 2. The van der Waals surface area contributed by atoms with E-state index >= 15 is 0 Å². The lowest BCUT2D eigenvalue weighted by Gasteiger charge is -2.10. The number of aromatic nitrogens is 1. The van der Waals surface area contributed by atoms with E-state index in [1.807, 2.05) is 50.2 Å². The minimum Gasteiger partial charge on any atom is -0.354 e. The highest BCUT2D eigenvalue weighted by Gasteiger charge is 2.09. The molecular weight excluding hydrogens is 334 g/mol. The molecule has 2 N–H and O–H groups in total. The molecule has 0 saturated carbocycles. The number of anilines is 3. The van der Waals surface area contributed by atoms with Crippen molar-refractivity contribution in [3.8, 4) is 0 Å². The Labute approximate surface area is 151 Å². The number of nitrogens with zero attached hydrogens (tertiary/aromatic N) is 1. The Morgan fingerprint density at radius 1 is 0.960 bits per heavy atom. The third-order valence-electron chi connectivity index (χ3n) is 3.74. The molecule has 4 nitrogen and oxygen atoms in total. The van der Waals surface area contributed by atoms with Crippen molar-refractivity contribution in [2.45, 2.75) is 13.8 Å². The molecule has 5 heteroatoms. The van der Waals surface area contributed by atoms with Gasteiger partial charge in [-0.1, -0.05) is 29.8 Å². The van der Waals surface area contributed by atoms with Gasteiger partial charge in [0.1, 0.15) is 0 Å². The molecule has 25 heavy (non-hydrogen) atoms. The molecule has 1 aromatic heterocycles. The second kappa shape index (κ2) is 7.36. The number of aryl methyl sites for hydroxylation is 2. The van der Waals surface area contributed by atoms with Crippen LogP contribution in [-0.4, -0.2) is 10.9 Å². The van der Waals surface area contributed by atoms with Crippen LogP contribution in [0.1, 0.15) is 21.5 Å². The number of nitrogens with one attached hydrogen (secondary N) is 2. The van der Waals surface area contributed by atoms with Gasteiger partial charge in [-0.3, -0.25) is 9.78 Å². The van der Waals surface area contributed by atoms with Gasteiger partial charge in [0.05, 0.1) is 17.4 Å². The Morgan fingerprint density at radius 2 is 1.80 bits per heavy atom. The summed E-state index contributed by atoms with van der Waals surface area (Å²) in [6.45, 7) is 3.94. The molecule has 0 unspecified atom stereocenters. The van der Waals surface area contributed by atoms with Crippen molar-refractivity contribution >= 4 is 34.6 Å². The van der Waals surface area contributed by atoms with Gasteiger partial charge in [0, 0.05) is 22.6 Å². The SMILES string of the molecule is Cc1cccc(Nc2cncc(C(=O)Nc3ccc(C)c(Cl)c3)c2)c1. The van der Waals surface area contributed by atoms with Gasteiger partial charge in [-0.25, -0.2) is 0 Å². The van der Waals surface area contributed by atoms with Gasteiger partial charge in [0.25, 0.3) is 5.91 Å². The molecule has 0 spiro atoms. The monoisotopic (exact) mass is 351 g/mol. The average Bonchev–Trinajstić information content (AvgIpc) is 2.58. The third kappa shape index (κ3) is 4.37. The Balaban J connectivity index is 1.76. The quantitative estimate of drug-likeness (QED) is 0.666. The lowest BCUT2D eigenvalue weighted by Crippen LogP contribution is -2.12. The summed E-state index contributed by atoms with van der Waals surface area (Å²) >= 11 is 6.10. The van der Waals surface area contributed by atoms with Crippen molar-refractivity contribution in [3.05, 3.63) is 82.6 Å². The van der Waals surface area contributed by atoms with Gasteiger partial charge >= 0.3 is 0 Å². The first kappa shape index (κ1) is 17.0. The number of amides is 1. The van der Waals surface area contributed by atoms with Crippen LogP contribution in [0.2, 0.25) is 5.02 Å². The van der Waals surface area contributed by atoms with E-state index in [0.717, 1.165) is 22.5 Å². The molecule has 0 bridgehead atoms. The predicted molar refractivity (Wildman–Crippen MR) is 103 cm³/mol. The smallest absolute Gasteiger partial charge is 0.257 e. The van der Waals surface area contributed by atoms with Crippen LogP contribution in [0.4, 0.5) is 17.1 Å².